The van der Waals surface area contributed by atoms with Crippen LogP contribution in [-0.2, 0) is 6.42 Å². The Kier molecular flexibility index (Phi) is 5.71. The third-order valence-electron chi connectivity index (χ3n) is 5.74. The van der Waals surface area contributed by atoms with Crippen molar-refractivity contribution >= 4 is 16.8 Å². The molecule has 33 heavy (non-hydrogen) atoms. The van der Waals surface area contributed by atoms with Crippen LogP contribution in [0.5, 0.6) is 11.5 Å². The van der Waals surface area contributed by atoms with Crippen molar-refractivity contribution in [2.45, 2.75) is 12.5 Å². The molecule has 2 heterocycles. The van der Waals surface area contributed by atoms with Gasteiger partial charge in [0, 0.05) is 17.1 Å². The molecule has 1 aliphatic rings. The maximum atomic E-state index is 13.8. The van der Waals surface area contributed by atoms with Gasteiger partial charge in [-0.1, -0.05) is 30.3 Å². The van der Waals surface area contributed by atoms with Gasteiger partial charge in [0.15, 0.2) is 11.5 Å². The molecule has 0 aliphatic carbocycles. The van der Waals surface area contributed by atoms with Gasteiger partial charge in [0.05, 0.1) is 18.2 Å². The number of aromatic nitrogens is 1. The molecule has 0 fully saturated rings. The number of aliphatic hydroxyl groups is 1. The van der Waals surface area contributed by atoms with E-state index in [2.05, 4.69) is 10.3 Å². The van der Waals surface area contributed by atoms with Crippen molar-refractivity contribution in [2.24, 2.45) is 0 Å². The fourth-order valence-corrected chi connectivity index (χ4v) is 4.15. The van der Waals surface area contributed by atoms with Crippen LogP contribution in [0.4, 0.5) is 4.39 Å². The molecule has 1 aliphatic heterocycles. The number of hydrogen-bond donors (Lipinski definition) is 3. The van der Waals surface area contributed by atoms with Crippen LogP contribution in [0.25, 0.3) is 22.0 Å². The maximum Gasteiger partial charge on any atom is 0.255 e. The summed E-state index contributed by atoms with van der Waals surface area (Å²) in [7, 11) is 0. The molecule has 168 valence electrons. The van der Waals surface area contributed by atoms with E-state index >= 15 is 0 Å². The van der Waals surface area contributed by atoms with Crippen LogP contribution in [0.2, 0.25) is 0 Å². The monoisotopic (exact) mass is 446 g/mol. The van der Waals surface area contributed by atoms with E-state index in [9.17, 15) is 14.3 Å². The number of fused-ring (bicyclic) bond motifs is 2. The molecular formula is C26H23FN2O4. The van der Waals surface area contributed by atoms with Crippen molar-refractivity contribution in [1.29, 1.82) is 0 Å². The van der Waals surface area contributed by atoms with Crippen LogP contribution in [0, 0.1) is 5.82 Å². The van der Waals surface area contributed by atoms with Gasteiger partial charge in [-0.3, -0.25) is 4.79 Å². The second-order valence-electron chi connectivity index (χ2n) is 7.97. The number of halogens is 1. The minimum atomic E-state index is -0.505. The smallest absolute Gasteiger partial charge is 0.255 e. The summed E-state index contributed by atoms with van der Waals surface area (Å²) >= 11 is 0. The standard InChI is InChI=1S/C26H23FN2O4/c27-19-5-3-4-16(10-19)17-12-22(25-24(13-17)32-8-9-33-25)26(31)29-20(15-30)11-18-14-28-23-7-2-1-6-21(18)23/h1-7,10,12-14,20,28,30H,8-9,11,15H2,(H,29,31)/t20-/m1/s1. The zero-order chi connectivity index (χ0) is 22.8. The van der Waals surface area contributed by atoms with Crippen molar-refractivity contribution in [3.8, 4) is 22.6 Å². The lowest BCUT2D eigenvalue weighted by Crippen LogP contribution is -2.39. The normalized spacial score (nSPS) is 13.6. The van der Waals surface area contributed by atoms with Gasteiger partial charge in [-0.15, -0.1) is 0 Å². The van der Waals surface area contributed by atoms with E-state index in [1.807, 2.05) is 30.5 Å². The van der Waals surface area contributed by atoms with E-state index in [0.29, 0.717) is 42.3 Å². The number of aliphatic hydroxyl groups excluding tert-OH is 1. The highest BCUT2D eigenvalue weighted by Crippen LogP contribution is 2.38. The molecule has 1 atom stereocenters. The Morgan fingerprint density at radius 2 is 1.91 bits per heavy atom. The Morgan fingerprint density at radius 1 is 1.06 bits per heavy atom. The topological polar surface area (TPSA) is 83.6 Å². The average molecular weight is 446 g/mol. The molecule has 3 N–H and O–H groups in total. The minimum Gasteiger partial charge on any atom is -0.486 e. The first-order valence-electron chi connectivity index (χ1n) is 10.8. The molecule has 0 bridgehead atoms. The second-order valence-corrected chi connectivity index (χ2v) is 7.97. The van der Waals surface area contributed by atoms with E-state index in [-0.39, 0.29) is 18.0 Å². The summed E-state index contributed by atoms with van der Waals surface area (Å²) in [6, 6.07) is 16.9. The highest BCUT2D eigenvalue weighted by molar-refractivity contribution is 5.99. The summed E-state index contributed by atoms with van der Waals surface area (Å²) in [6.07, 6.45) is 2.35. The van der Waals surface area contributed by atoms with Crippen molar-refractivity contribution < 1.29 is 23.8 Å². The molecule has 0 spiro atoms. The van der Waals surface area contributed by atoms with Gasteiger partial charge in [-0.2, -0.15) is 0 Å². The summed E-state index contributed by atoms with van der Waals surface area (Å²) in [5.74, 6) is 0.0226. The van der Waals surface area contributed by atoms with Gasteiger partial charge < -0.3 is 24.9 Å². The summed E-state index contributed by atoms with van der Waals surface area (Å²) in [5, 5.41) is 13.9. The summed E-state index contributed by atoms with van der Waals surface area (Å²) in [4.78, 5) is 16.5. The number of carbonyl (C=O) groups is 1. The quantitative estimate of drug-likeness (QED) is 0.417. The molecule has 0 saturated carbocycles. The van der Waals surface area contributed by atoms with E-state index in [1.54, 1.807) is 24.3 Å². The van der Waals surface area contributed by atoms with Crippen LogP contribution in [0.1, 0.15) is 15.9 Å². The molecule has 0 unspecified atom stereocenters. The highest BCUT2D eigenvalue weighted by atomic mass is 19.1. The molecule has 7 heteroatoms. The largest absolute Gasteiger partial charge is 0.486 e. The first-order valence-corrected chi connectivity index (χ1v) is 10.8. The number of para-hydroxylation sites is 1. The number of rotatable bonds is 6. The second kappa shape index (κ2) is 8.96. The van der Waals surface area contributed by atoms with Crippen LogP contribution in [-0.4, -0.2) is 41.9 Å². The van der Waals surface area contributed by atoms with Crippen LogP contribution in [0.3, 0.4) is 0 Å². The van der Waals surface area contributed by atoms with Gasteiger partial charge in [-0.05, 0) is 53.4 Å². The summed E-state index contributed by atoms with van der Waals surface area (Å²) < 4.78 is 25.3. The minimum absolute atomic E-state index is 0.228. The van der Waals surface area contributed by atoms with Gasteiger partial charge in [0.25, 0.3) is 5.91 Å². The number of ether oxygens (including phenoxy) is 2. The number of amides is 1. The zero-order valence-corrected chi connectivity index (χ0v) is 17.8. The van der Waals surface area contributed by atoms with Crippen molar-refractivity contribution in [3.63, 3.8) is 0 Å². The van der Waals surface area contributed by atoms with E-state index < -0.39 is 11.9 Å². The van der Waals surface area contributed by atoms with Crippen LogP contribution < -0.4 is 14.8 Å². The van der Waals surface area contributed by atoms with Gasteiger partial charge in [0.2, 0.25) is 0 Å². The third-order valence-corrected chi connectivity index (χ3v) is 5.74. The molecule has 3 aromatic carbocycles. The number of benzene rings is 3. The molecule has 1 aromatic heterocycles. The SMILES string of the molecule is O=C(N[C@@H](CO)Cc1c[nH]c2ccccc12)c1cc(-c2cccc(F)c2)cc2c1OCCO2. The van der Waals surface area contributed by atoms with E-state index in [0.717, 1.165) is 16.5 Å². The molecule has 4 aromatic rings. The number of nitrogens with one attached hydrogen (secondary N) is 2. The Balaban J connectivity index is 1.44. The lowest BCUT2D eigenvalue weighted by atomic mass is 10.00. The zero-order valence-electron chi connectivity index (χ0n) is 17.8. The van der Waals surface area contributed by atoms with Crippen LogP contribution in [0.15, 0.2) is 66.9 Å². The molecule has 0 radical (unpaired) electrons. The Hall–Kier alpha value is -3.84. The van der Waals surface area contributed by atoms with Crippen molar-refractivity contribution in [1.82, 2.24) is 10.3 Å². The van der Waals surface area contributed by atoms with Crippen molar-refractivity contribution in [3.05, 3.63) is 83.8 Å². The predicted octanol–water partition coefficient (Wildman–Crippen LogP) is 4.08. The summed E-state index contributed by atoms with van der Waals surface area (Å²) in [6.45, 7) is 0.459. The Morgan fingerprint density at radius 3 is 2.76 bits per heavy atom. The first-order chi connectivity index (χ1) is 16.1. The van der Waals surface area contributed by atoms with Crippen molar-refractivity contribution in [2.75, 3.05) is 19.8 Å². The molecular weight excluding hydrogens is 423 g/mol. The number of H-pyrrole nitrogens is 1. The summed E-state index contributed by atoms with van der Waals surface area (Å²) in [5.41, 5.74) is 3.54. The third kappa shape index (κ3) is 4.27. The lowest BCUT2D eigenvalue weighted by Gasteiger charge is -2.23. The van der Waals surface area contributed by atoms with E-state index in [1.165, 1.54) is 12.1 Å². The number of carbonyl (C=O) groups excluding carboxylic acids is 1. The highest BCUT2D eigenvalue weighted by Gasteiger charge is 2.25. The van der Waals surface area contributed by atoms with E-state index in [4.69, 9.17) is 9.47 Å². The fourth-order valence-electron chi connectivity index (χ4n) is 4.15. The Bertz CT molecular complexity index is 1320. The number of aromatic amines is 1. The molecule has 5 rings (SSSR count). The Labute approximate surface area is 190 Å². The van der Waals surface area contributed by atoms with Gasteiger partial charge >= 0.3 is 0 Å². The van der Waals surface area contributed by atoms with Gasteiger partial charge in [0.1, 0.15) is 19.0 Å². The van der Waals surface area contributed by atoms with Gasteiger partial charge in [-0.25, -0.2) is 4.39 Å². The lowest BCUT2D eigenvalue weighted by molar-refractivity contribution is 0.0906. The first kappa shape index (κ1) is 21.0. The molecule has 1 amide bonds. The predicted molar refractivity (Wildman–Crippen MR) is 123 cm³/mol. The molecule has 0 saturated heterocycles. The average Bonchev–Trinajstić information content (AvgIpc) is 3.25. The van der Waals surface area contributed by atoms with Crippen LogP contribution >= 0.6 is 0 Å². The fraction of sp³-hybridized carbons (Fsp3) is 0.192. The molecule has 6 nitrogen and oxygen atoms in total. The number of hydrogen-bond acceptors (Lipinski definition) is 4. The maximum absolute atomic E-state index is 13.8.